The molecule has 0 heterocycles. The summed E-state index contributed by atoms with van der Waals surface area (Å²) in [6, 6.07) is 0. The molecule has 19 heteroatoms. The van der Waals surface area contributed by atoms with E-state index in [1.807, 2.05) is 0 Å². The number of hydrogen-bond donors (Lipinski definition) is 3. The summed E-state index contributed by atoms with van der Waals surface area (Å²) in [4.78, 5) is 73.3. The average molecular weight is 1570 g/mol. The quantitative estimate of drug-likeness (QED) is 0.0169. The van der Waals surface area contributed by atoms with E-state index < -0.39 is 97.5 Å². The molecule has 0 aliphatic rings. The summed E-state index contributed by atoms with van der Waals surface area (Å²) in [6.07, 6.45) is 75.9. The van der Waals surface area contributed by atoms with E-state index >= 15 is 0 Å². The minimum atomic E-state index is -4.97. The van der Waals surface area contributed by atoms with Gasteiger partial charge in [0.1, 0.15) is 19.3 Å². The Labute approximate surface area is 663 Å². The Morgan fingerprint density at radius 3 is 0.833 bits per heavy atom. The number of aliphatic hydroxyl groups is 1. The van der Waals surface area contributed by atoms with E-state index in [9.17, 15) is 43.2 Å². The normalized spacial score (nSPS) is 14.2. The van der Waals surface area contributed by atoms with Crippen LogP contribution in [0.2, 0.25) is 0 Å². The second-order valence-electron chi connectivity index (χ2n) is 32.0. The molecule has 0 rings (SSSR count). The van der Waals surface area contributed by atoms with Gasteiger partial charge in [-0.2, -0.15) is 0 Å². The molecule has 0 saturated carbocycles. The van der Waals surface area contributed by atoms with Gasteiger partial charge in [-0.1, -0.05) is 400 Å². The molecule has 3 N–H and O–H groups in total. The van der Waals surface area contributed by atoms with Crippen LogP contribution in [0.5, 0.6) is 0 Å². The second-order valence-corrected chi connectivity index (χ2v) is 34.9. The summed E-state index contributed by atoms with van der Waals surface area (Å²) in [6.45, 7) is 9.65. The minimum absolute atomic E-state index is 0.0849. The van der Waals surface area contributed by atoms with Crippen LogP contribution in [0.4, 0.5) is 0 Å². The van der Waals surface area contributed by atoms with Gasteiger partial charge in [-0.05, 0) is 63.2 Å². The molecular weight excluding hydrogens is 1400 g/mol. The van der Waals surface area contributed by atoms with Crippen molar-refractivity contribution in [2.45, 2.75) is 471 Å². The van der Waals surface area contributed by atoms with Crippen molar-refractivity contribution in [3.8, 4) is 0 Å². The molecule has 0 aromatic carbocycles. The third-order valence-electron chi connectivity index (χ3n) is 20.7. The van der Waals surface area contributed by atoms with Gasteiger partial charge in [-0.3, -0.25) is 37.3 Å². The number of unbranched alkanes of at least 4 members (excludes halogenated alkanes) is 52. The van der Waals surface area contributed by atoms with E-state index in [-0.39, 0.29) is 25.7 Å². The molecule has 0 saturated heterocycles. The van der Waals surface area contributed by atoms with Gasteiger partial charge in [0.25, 0.3) is 0 Å². The maximum absolute atomic E-state index is 13.2. The van der Waals surface area contributed by atoms with Crippen molar-refractivity contribution < 1.29 is 80.2 Å². The van der Waals surface area contributed by atoms with Crippen LogP contribution in [0.15, 0.2) is 24.3 Å². The molecule has 0 aliphatic carbocycles. The molecule has 0 spiro atoms. The highest BCUT2D eigenvalue weighted by Crippen LogP contribution is 2.45. The number of rotatable bonds is 86. The number of allylic oxidation sites excluding steroid dienone is 4. The molecule has 0 aromatic rings. The molecule has 0 aromatic heterocycles. The van der Waals surface area contributed by atoms with E-state index in [2.05, 4.69) is 65.8 Å². The van der Waals surface area contributed by atoms with E-state index in [0.717, 1.165) is 115 Å². The number of phosphoric ester groups is 2. The van der Waals surface area contributed by atoms with Crippen LogP contribution in [-0.4, -0.2) is 96.7 Å². The average Bonchev–Trinajstić information content (AvgIpc) is 0.899. The molecule has 108 heavy (non-hydrogen) atoms. The third kappa shape index (κ3) is 80.2. The first-order chi connectivity index (χ1) is 52.4. The van der Waals surface area contributed by atoms with Gasteiger partial charge in [0.2, 0.25) is 0 Å². The summed E-state index contributed by atoms with van der Waals surface area (Å²) in [5.74, 6) is -0.545. The first kappa shape index (κ1) is 106. The topological polar surface area (TPSA) is 237 Å². The summed E-state index contributed by atoms with van der Waals surface area (Å²) in [5.41, 5.74) is 0. The SMILES string of the molecule is CCCCCC/C=C\C=C/CCCCCCCC(=O)O[C@H](COC(=O)CCCCCCCCCCC(C)CC)COP(=O)(O)OC[C@H](O)COP(=O)(O)OC[C@@H](COC(=O)CCCCCCCCCCCCCCCCCCC(C)C)OC(=O)CCCCCCCCCCCCCCCCCCCCCCCC. The summed E-state index contributed by atoms with van der Waals surface area (Å²) >= 11 is 0. The second kappa shape index (κ2) is 79.8. The van der Waals surface area contributed by atoms with Gasteiger partial charge < -0.3 is 33.8 Å². The molecule has 17 nitrogen and oxygen atoms in total. The zero-order valence-electron chi connectivity index (χ0n) is 70.6. The number of aliphatic hydroxyl groups excluding tert-OH is 1. The fourth-order valence-electron chi connectivity index (χ4n) is 13.4. The van der Waals surface area contributed by atoms with E-state index in [1.165, 1.54) is 257 Å². The molecule has 0 aliphatic heterocycles. The lowest BCUT2D eigenvalue weighted by Gasteiger charge is -2.21. The van der Waals surface area contributed by atoms with Crippen molar-refractivity contribution in [3.63, 3.8) is 0 Å². The number of carbonyl (C=O) groups is 4. The van der Waals surface area contributed by atoms with Crippen LogP contribution in [0.1, 0.15) is 452 Å². The summed E-state index contributed by atoms with van der Waals surface area (Å²) in [5, 5.41) is 10.7. The number of phosphoric acid groups is 2. The fraction of sp³-hybridized carbons (Fsp3) is 0.910. The van der Waals surface area contributed by atoms with Gasteiger partial charge in [0.15, 0.2) is 12.2 Å². The van der Waals surface area contributed by atoms with Crippen molar-refractivity contribution in [2.75, 3.05) is 39.6 Å². The van der Waals surface area contributed by atoms with E-state index in [1.54, 1.807) is 0 Å². The smallest absolute Gasteiger partial charge is 0.462 e. The summed E-state index contributed by atoms with van der Waals surface area (Å²) < 4.78 is 68.9. The van der Waals surface area contributed by atoms with Crippen molar-refractivity contribution in [2.24, 2.45) is 11.8 Å². The van der Waals surface area contributed by atoms with Gasteiger partial charge in [-0.15, -0.1) is 0 Å². The molecule has 638 valence electrons. The lowest BCUT2D eigenvalue weighted by atomic mass is 9.99. The lowest BCUT2D eigenvalue weighted by Crippen LogP contribution is -2.30. The van der Waals surface area contributed by atoms with Crippen LogP contribution < -0.4 is 0 Å². The highest BCUT2D eigenvalue weighted by molar-refractivity contribution is 7.47. The van der Waals surface area contributed by atoms with Gasteiger partial charge in [-0.25, -0.2) is 9.13 Å². The Morgan fingerprint density at radius 1 is 0.306 bits per heavy atom. The van der Waals surface area contributed by atoms with Crippen LogP contribution in [0.3, 0.4) is 0 Å². The minimum Gasteiger partial charge on any atom is -0.462 e. The monoisotopic (exact) mass is 1570 g/mol. The molecular formula is C89H170O17P2. The maximum Gasteiger partial charge on any atom is 0.472 e. The Kier molecular flexibility index (Phi) is 77.9. The molecule has 6 atom stereocenters. The van der Waals surface area contributed by atoms with Crippen LogP contribution in [0, 0.1) is 11.8 Å². The van der Waals surface area contributed by atoms with Crippen molar-refractivity contribution in [3.05, 3.63) is 24.3 Å². The predicted octanol–water partition coefficient (Wildman–Crippen LogP) is 27.0. The molecule has 3 unspecified atom stereocenters. The number of esters is 4. The highest BCUT2D eigenvalue weighted by atomic mass is 31.2. The molecule has 0 radical (unpaired) electrons. The maximum atomic E-state index is 13.2. The lowest BCUT2D eigenvalue weighted by molar-refractivity contribution is -0.161. The first-order valence-corrected chi connectivity index (χ1v) is 48.3. The van der Waals surface area contributed by atoms with Gasteiger partial charge >= 0.3 is 39.5 Å². The predicted molar refractivity (Wildman–Crippen MR) is 446 cm³/mol. The standard InChI is InChI=1S/C89H170O17P2/c1-7-10-12-14-16-18-20-22-24-25-26-27-28-29-30-36-40-44-48-56-62-68-74-88(93)105-84(77-99-86(91)71-65-59-53-46-42-38-35-32-31-34-37-41-45-51-57-63-69-81(4)5)79-103-107(95,96)101-75-83(90)76-102-108(97,98)104-80-85(78-100-87(92)72-66-60-54-50-49-52-58-64-70-82(6)9-3)106-89(94)73-67-61-55-47-43-39-33-23-21-19-17-15-13-11-8-2/h19,21,23,33,81-85,90H,7-18,20,22,24-32,34-80H2,1-6H3,(H,95,96)(H,97,98)/b21-19-,33-23-/t82?,83-,84-,85-/m1/s1. The number of ether oxygens (including phenoxy) is 4. The Bertz CT molecular complexity index is 2160. The Morgan fingerprint density at radius 2 is 0.546 bits per heavy atom. The number of hydrogen-bond acceptors (Lipinski definition) is 15. The highest BCUT2D eigenvalue weighted by Gasteiger charge is 2.30. The molecule has 0 bridgehead atoms. The van der Waals surface area contributed by atoms with Gasteiger partial charge in [0, 0.05) is 25.7 Å². The third-order valence-corrected chi connectivity index (χ3v) is 22.6. The van der Waals surface area contributed by atoms with Crippen LogP contribution >= 0.6 is 15.6 Å². The summed E-state index contributed by atoms with van der Waals surface area (Å²) in [7, 11) is -9.95. The van der Waals surface area contributed by atoms with Crippen molar-refractivity contribution >= 4 is 39.5 Å². The van der Waals surface area contributed by atoms with Crippen molar-refractivity contribution in [1.82, 2.24) is 0 Å². The zero-order valence-corrected chi connectivity index (χ0v) is 72.4. The van der Waals surface area contributed by atoms with Crippen LogP contribution in [-0.2, 0) is 65.4 Å². The largest absolute Gasteiger partial charge is 0.472 e. The van der Waals surface area contributed by atoms with Crippen LogP contribution in [0.25, 0.3) is 0 Å². The molecule has 0 fully saturated rings. The Hall–Kier alpha value is -2.46. The van der Waals surface area contributed by atoms with E-state index in [0.29, 0.717) is 25.7 Å². The van der Waals surface area contributed by atoms with Crippen molar-refractivity contribution in [1.29, 1.82) is 0 Å². The number of carbonyl (C=O) groups excluding carboxylic acids is 4. The Balaban J connectivity index is 5.27. The van der Waals surface area contributed by atoms with Gasteiger partial charge in [0.05, 0.1) is 26.4 Å². The first-order valence-electron chi connectivity index (χ1n) is 45.3. The van der Waals surface area contributed by atoms with E-state index in [4.69, 9.17) is 37.0 Å². The zero-order chi connectivity index (χ0) is 79.2. The fourth-order valence-corrected chi connectivity index (χ4v) is 15.0. The molecule has 0 amide bonds.